The van der Waals surface area contributed by atoms with Crippen molar-refractivity contribution in [3.8, 4) is 22.3 Å². The third-order valence-corrected chi connectivity index (χ3v) is 10.8. The van der Waals surface area contributed by atoms with Crippen molar-refractivity contribution in [1.29, 1.82) is 0 Å². The first-order valence-electron chi connectivity index (χ1n) is 16.6. The molecule has 0 unspecified atom stereocenters. The van der Waals surface area contributed by atoms with Crippen molar-refractivity contribution in [2.24, 2.45) is 0 Å². The summed E-state index contributed by atoms with van der Waals surface area (Å²) in [4.78, 5) is 2.36. The van der Waals surface area contributed by atoms with Gasteiger partial charge in [-0.25, -0.2) is 0 Å². The van der Waals surface area contributed by atoms with Crippen LogP contribution in [0.2, 0.25) is 0 Å². The van der Waals surface area contributed by atoms with Crippen molar-refractivity contribution in [1.82, 2.24) is 0 Å². The predicted molar refractivity (Wildman–Crippen MR) is 210 cm³/mol. The number of anilines is 3. The van der Waals surface area contributed by atoms with E-state index in [4.69, 9.17) is 4.42 Å². The fourth-order valence-corrected chi connectivity index (χ4v) is 8.43. The van der Waals surface area contributed by atoms with E-state index in [0.717, 1.165) is 39.0 Å². The zero-order valence-electron chi connectivity index (χ0n) is 26.5. The number of furan rings is 1. The molecule has 0 fully saturated rings. The van der Waals surface area contributed by atoms with Gasteiger partial charge in [-0.3, -0.25) is 0 Å². The maximum Gasteiger partial charge on any atom is 0.135 e. The van der Waals surface area contributed by atoms with E-state index in [1.807, 2.05) is 23.5 Å². The lowest BCUT2D eigenvalue weighted by Crippen LogP contribution is -2.10. The Bertz CT molecular complexity index is 2840. The van der Waals surface area contributed by atoms with Crippen LogP contribution in [0.5, 0.6) is 0 Å². The molecule has 2 aromatic heterocycles. The van der Waals surface area contributed by atoms with Crippen molar-refractivity contribution in [3.63, 3.8) is 0 Å². The van der Waals surface area contributed by atoms with Gasteiger partial charge in [0.15, 0.2) is 0 Å². The summed E-state index contributed by atoms with van der Waals surface area (Å²) in [7, 11) is 0. The van der Waals surface area contributed by atoms with E-state index in [0.29, 0.717) is 0 Å². The Hall–Kier alpha value is -6.16. The molecular weight excluding hydrogens is 615 g/mol. The van der Waals surface area contributed by atoms with Crippen molar-refractivity contribution in [2.45, 2.75) is 0 Å². The molecule has 0 spiro atoms. The van der Waals surface area contributed by atoms with Crippen molar-refractivity contribution in [2.75, 3.05) is 4.90 Å². The van der Waals surface area contributed by atoms with Gasteiger partial charge in [-0.15, -0.1) is 11.3 Å². The summed E-state index contributed by atoms with van der Waals surface area (Å²) in [6, 6.07) is 63.3. The molecule has 0 atom stereocenters. The molecule has 2 nitrogen and oxygen atoms in total. The molecule has 49 heavy (non-hydrogen) atoms. The van der Waals surface area contributed by atoms with Crippen LogP contribution < -0.4 is 4.90 Å². The average Bonchev–Trinajstić information content (AvgIpc) is 3.73. The van der Waals surface area contributed by atoms with Crippen LogP contribution in [0.15, 0.2) is 180 Å². The van der Waals surface area contributed by atoms with Crippen LogP contribution in [-0.2, 0) is 0 Å². The van der Waals surface area contributed by atoms with Gasteiger partial charge in [0.2, 0.25) is 0 Å². The summed E-state index contributed by atoms with van der Waals surface area (Å²) in [6.07, 6.45) is 0. The fraction of sp³-hybridized carbons (Fsp3) is 0. The number of thiophene rings is 1. The van der Waals surface area contributed by atoms with Gasteiger partial charge in [-0.2, -0.15) is 0 Å². The van der Waals surface area contributed by atoms with Gasteiger partial charge < -0.3 is 9.32 Å². The third kappa shape index (κ3) is 4.70. The Morgan fingerprint density at radius 3 is 2.00 bits per heavy atom. The van der Waals surface area contributed by atoms with Crippen LogP contribution in [0.4, 0.5) is 17.1 Å². The molecule has 0 radical (unpaired) electrons. The fourth-order valence-electron chi connectivity index (χ4n) is 7.30. The smallest absolute Gasteiger partial charge is 0.135 e. The Balaban J connectivity index is 1.14. The topological polar surface area (TPSA) is 16.4 Å². The molecule has 0 saturated heterocycles. The Morgan fingerprint density at radius 1 is 0.388 bits per heavy atom. The minimum absolute atomic E-state index is 0.890. The summed E-state index contributed by atoms with van der Waals surface area (Å²) in [5.74, 6) is 0. The summed E-state index contributed by atoms with van der Waals surface area (Å²) < 4.78 is 8.84. The van der Waals surface area contributed by atoms with E-state index in [-0.39, 0.29) is 0 Å². The zero-order chi connectivity index (χ0) is 32.3. The standard InChI is InChI=1S/C46H29NOS/c1-2-10-32-27-33(20-19-30(32)9-1)31-21-23-35(24-22-31)47(37-25-26-43-41(29-37)39-13-3-5-16-42(39)48-43)36-12-7-11-34(28-36)38-15-8-18-45-46(38)40-14-4-6-17-44(40)49-45/h1-29H. The molecule has 0 aliphatic heterocycles. The summed E-state index contributed by atoms with van der Waals surface area (Å²) >= 11 is 1.86. The molecule has 0 aliphatic rings. The molecule has 0 N–H and O–H groups in total. The second-order valence-electron chi connectivity index (χ2n) is 12.6. The van der Waals surface area contributed by atoms with Gasteiger partial charge >= 0.3 is 0 Å². The van der Waals surface area contributed by atoms with Crippen molar-refractivity contribution >= 4 is 81.3 Å². The number of nitrogens with zero attached hydrogens (tertiary/aromatic N) is 1. The van der Waals surface area contributed by atoms with Gasteiger partial charge in [-0.05, 0) is 99.8 Å². The maximum atomic E-state index is 6.22. The largest absolute Gasteiger partial charge is 0.456 e. The molecule has 10 rings (SSSR count). The first-order valence-corrected chi connectivity index (χ1v) is 17.4. The van der Waals surface area contributed by atoms with Crippen LogP contribution in [0, 0.1) is 0 Å². The third-order valence-electron chi connectivity index (χ3n) is 9.64. The first-order chi connectivity index (χ1) is 24.3. The Kier molecular flexibility index (Phi) is 6.39. The van der Waals surface area contributed by atoms with E-state index < -0.39 is 0 Å². The Morgan fingerprint density at radius 2 is 1.08 bits per heavy atom. The second-order valence-corrected chi connectivity index (χ2v) is 13.6. The minimum atomic E-state index is 0.890. The maximum absolute atomic E-state index is 6.22. The number of fused-ring (bicyclic) bond motifs is 7. The van der Waals surface area contributed by atoms with Crippen LogP contribution in [0.3, 0.4) is 0 Å². The van der Waals surface area contributed by atoms with Crippen LogP contribution in [-0.4, -0.2) is 0 Å². The van der Waals surface area contributed by atoms with E-state index in [9.17, 15) is 0 Å². The number of rotatable bonds is 5. The minimum Gasteiger partial charge on any atom is -0.456 e. The van der Waals surface area contributed by atoms with Crippen LogP contribution in [0.25, 0.3) is 75.1 Å². The molecule has 2 heterocycles. The van der Waals surface area contributed by atoms with Gasteiger partial charge in [-0.1, -0.05) is 109 Å². The average molecular weight is 644 g/mol. The highest BCUT2D eigenvalue weighted by Gasteiger charge is 2.18. The zero-order valence-corrected chi connectivity index (χ0v) is 27.3. The van der Waals surface area contributed by atoms with Crippen LogP contribution in [0.1, 0.15) is 0 Å². The summed E-state index contributed by atoms with van der Waals surface area (Å²) in [6.45, 7) is 0. The highest BCUT2D eigenvalue weighted by atomic mass is 32.1. The molecular formula is C46H29NOS. The number of hydrogen-bond acceptors (Lipinski definition) is 3. The lowest BCUT2D eigenvalue weighted by atomic mass is 9.98. The van der Waals surface area contributed by atoms with E-state index in [1.54, 1.807) is 0 Å². The van der Waals surface area contributed by atoms with Gasteiger partial charge in [0.1, 0.15) is 11.2 Å². The molecule has 0 saturated carbocycles. The number of para-hydroxylation sites is 1. The Labute approximate surface area is 287 Å². The van der Waals surface area contributed by atoms with Gasteiger partial charge in [0.05, 0.1) is 0 Å². The molecule has 10 aromatic rings. The van der Waals surface area contributed by atoms with Crippen molar-refractivity contribution < 1.29 is 4.42 Å². The van der Waals surface area contributed by atoms with E-state index in [1.165, 1.54) is 53.2 Å². The van der Waals surface area contributed by atoms with E-state index in [2.05, 4.69) is 169 Å². The number of hydrogen-bond donors (Lipinski definition) is 0. The van der Waals surface area contributed by atoms with Crippen molar-refractivity contribution in [3.05, 3.63) is 176 Å². The number of benzene rings is 8. The van der Waals surface area contributed by atoms with Gasteiger partial charge in [0, 0.05) is 48.0 Å². The highest BCUT2D eigenvalue weighted by molar-refractivity contribution is 7.25. The summed E-state index contributed by atoms with van der Waals surface area (Å²) in [5.41, 5.74) is 9.90. The first kappa shape index (κ1) is 27.9. The second kappa shape index (κ2) is 11.2. The molecule has 0 amide bonds. The SMILES string of the molecule is c1cc(-c2cccc3sc4ccccc4c23)cc(N(c2ccc(-c3ccc4ccccc4c3)cc2)c2ccc3oc4ccccc4c3c2)c1. The molecule has 230 valence electrons. The lowest BCUT2D eigenvalue weighted by molar-refractivity contribution is 0.669. The highest BCUT2D eigenvalue weighted by Crippen LogP contribution is 2.43. The molecule has 0 aliphatic carbocycles. The monoisotopic (exact) mass is 643 g/mol. The molecule has 8 aromatic carbocycles. The van der Waals surface area contributed by atoms with E-state index >= 15 is 0 Å². The van der Waals surface area contributed by atoms with Crippen LogP contribution >= 0.6 is 11.3 Å². The molecule has 3 heteroatoms. The quantitative estimate of drug-likeness (QED) is 0.186. The normalized spacial score (nSPS) is 11.7. The predicted octanol–water partition coefficient (Wildman–Crippen LogP) is 13.9. The lowest BCUT2D eigenvalue weighted by Gasteiger charge is -2.26. The molecule has 0 bridgehead atoms. The van der Waals surface area contributed by atoms with Gasteiger partial charge in [0.25, 0.3) is 0 Å². The summed E-state index contributed by atoms with van der Waals surface area (Å²) in [5, 5.41) is 7.35.